The molecule has 2 amide bonds. The summed E-state index contributed by atoms with van der Waals surface area (Å²) in [5, 5.41) is 9.44. The largest absolute Gasteiger partial charge is 0.480 e. The highest BCUT2D eigenvalue weighted by molar-refractivity contribution is 8.00. The smallest absolute Gasteiger partial charge is 0.327 e. The number of nitrogens with zero attached hydrogens (tertiary/aromatic N) is 2. The fraction of sp³-hybridized carbons (Fsp3) is 0.857. The molecule has 0 bridgehead atoms. The van der Waals surface area contributed by atoms with E-state index in [1.54, 1.807) is 21.6 Å². The summed E-state index contributed by atoms with van der Waals surface area (Å²) in [6.07, 6.45) is 2.19. The topological polar surface area (TPSA) is 70.1 Å². The lowest BCUT2D eigenvalue weighted by molar-refractivity contribution is -0.141. The molecule has 1 N–H and O–H groups in total. The van der Waals surface area contributed by atoms with Gasteiger partial charge in [-0.3, -0.25) is 4.90 Å². The highest BCUT2D eigenvalue weighted by Crippen LogP contribution is 2.45. The van der Waals surface area contributed by atoms with E-state index in [1.807, 2.05) is 13.8 Å². The second-order valence-electron chi connectivity index (χ2n) is 6.27. The van der Waals surface area contributed by atoms with Gasteiger partial charge in [0.25, 0.3) is 0 Å². The summed E-state index contributed by atoms with van der Waals surface area (Å²) < 4.78 is 5.66. The molecular weight excluding hydrogens is 292 g/mol. The summed E-state index contributed by atoms with van der Waals surface area (Å²) in [4.78, 5) is 27.7. The fourth-order valence-corrected chi connectivity index (χ4v) is 4.83. The van der Waals surface area contributed by atoms with Gasteiger partial charge in [0.15, 0.2) is 0 Å². The van der Waals surface area contributed by atoms with E-state index in [9.17, 15) is 14.7 Å². The standard InChI is InChI=1S/C14H22N2O4S/c1-8-5-15(6-9(2)20-8)14(19)16-11(13(17)18)7-21-12(16)10-3-4-10/h8-12H,3-7H2,1-2H3,(H,17,18). The minimum atomic E-state index is -0.895. The van der Waals surface area contributed by atoms with Gasteiger partial charge in [-0.2, -0.15) is 0 Å². The maximum absolute atomic E-state index is 12.9. The third kappa shape index (κ3) is 2.99. The van der Waals surface area contributed by atoms with Crippen LogP contribution in [0.3, 0.4) is 0 Å². The molecule has 7 heteroatoms. The molecule has 0 radical (unpaired) electrons. The molecule has 2 aliphatic heterocycles. The number of urea groups is 1. The molecule has 4 atom stereocenters. The molecule has 0 spiro atoms. The van der Waals surface area contributed by atoms with Crippen LogP contribution in [0.2, 0.25) is 0 Å². The van der Waals surface area contributed by atoms with Gasteiger partial charge in [0.2, 0.25) is 0 Å². The van der Waals surface area contributed by atoms with Crippen LogP contribution >= 0.6 is 11.8 Å². The summed E-state index contributed by atoms with van der Waals surface area (Å²) in [7, 11) is 0. The molecule has 4 unspecified atom stereocenters. The summed E-state index contributed by atoms with van der Waals surface area (Å²) in [5.41, 5.74) is 0. The molecule has 1 aliphatic carbocycles. The first-order chi connectivity index (χ1) is 9.97. The molecular formula is C14H22N2O4S. The van der Waals surface area contributed by atoms with Crippen molar-refractivity contribution in [3.8, 4) is 0 Å². The second kappa shape index (κ2) is 5.68. The lowest BCUT2D eigenvalue weighted by Crippen LogP contribution is -2.57. The number of carbonyl (C=O) groups is 2. The van der Waals surface area contributed by atoms with Crippen LogP contribution in [0.4, 0.5) is 4.79 Å². The van der Waals surface area contributed by atoms with Crippen LogP contribution in [-0.4, -0.2) is 69.4 Å². The van der Waals surface area contributed by atoms with Crippen LogP contribution in [0, 0.1) is 5.92 Å². The van der Waals surface area contributed by atoms with Gasteiger partial charge in [0.05, 0.1) is 17.6 Å². The van der Waals surface area contributed by atoms with Crippen molar-refractivity contribution in [2.24, 2.45) is 5.92 Å². The van der Waals surface area contributed by atoms with Gasteiger partial charge in [-0.05, 0) is 32.6 Å². The molecule has 3 rings (SSSR count). The summed E-state index contributed by atoms with van der Waals surface area (Å²) in [5.74, 6) is 0.0741. The third-order valence-electron chi connectivity index (χ3n) is 4.26. The Labute approximate surface area is 128 Å². The Hall–Kier alpha value is -0.950. The normalized spacial score (nSPS) is 36.9. The SMILES string of the molecule is CC1CN(C(=O)N2C(C(=O)O)CSC2C2CC2)CC(C)O1. The predicted molar refractivity (Wildman–Crippen MR) is 79.2 cm³/mol. The Morgan fingerprint density at radius 1 is 1.19 bits per heavy atom. The van der Waals surface area contributed by atoms with Crippen molar-refractivity contribution in [3.63, 3.8) is 0 Å². The number of carbonyl (C=O) groups excluding carboxylic acids is 1. The molecule has 0 aromatic heterocycles. The number of hydrogen-bond donors (Lipinski definition) is 1. The Bertz CT molecular complexity index is 433. The van der Waals surface area contributed by atoms with E-state index in [0.717, 1.165) is 12.8 Å². The number of amides is 2. The fourth-order valence-electron chi connectivity index (χ4n) is 3.20. The van der Waals surface area contributed by atoms with Gasteiger partial charge in [-0.25, -0.2) is 9.59 Å². The van der Waals surface area contributed by atoms with Crippen LogP contribution in [0.15, 0.2) is 0 Å². The van der Waals surface area contributed by atoms with Gasteiger partial charge >= 0.3 is 12.0 Å². The van der Waals surface area contributed by atoms with Crippen LogP contribution < -0.4 is 0 Å². The number of thioether (sulfide) groups is 1. The minimum Gasteiger partial charge on any atom is -0.480 e. The highest BCUT2D eigenvalue weighted by Gasteiger charge is 2.49. The van der Waals surface area contributed by atoms with Gasteiger partial charge in [0, 0.05) is 18.8 Å². The average Bonchev–Trinajstić information content (AvgIpc) is 3.15. The Morgan fingerprint density at radius 2 is 1.81 bits per heavy atom. The molecule has 2 heterocycles. The Balaban J connectivity index is 1.77. The number of rotatable bonds is 2. The van der Waals surface area contributed by atoms with Crippen molar-refractivity contribution < 1.29 is 19.4 Å². The van der Waals surface area contributed by atoms with Gasteiger partial charge in [-0.15, -0.1) is 11.8 Å². The molecule has 21 heavy (non-hydrogen) atoms. The van der Waals surface area contributed by atoms with Gasteiger partial charge in [-0.1, -0.05) is 0 Å². The van der Waals surface area contributed by atoms with Crippen LogP contribution in [0.1, 0.15) is 26.7 Å². The first-order valence-corrected chi connectivity index (χ1v) is 8.59. The quantitative estimate of drug-likeness (QED) is 0.835. The summed E-state index contributed by atoms with van der Waals surface area (Å²) in [6.45, 7) is 4.96. The zero-order valence-corrected chi connectivity index (χ0v) is 13.2. The van der Waals surface area contributed by atoms with E-state index in [1.165, 1.54) is 0 Å². The number of aliphatic carboxylic acids is 1. The maximum atomic E-state index is 12.9. The first-order valence-electron chi connectivity index (χ1n) is 7.54. The van der Waals surface area contributed by atoms with Crippen molar-refractivity contribution in [1.82, 2.24) is 9.80 Å². The second-order valence-corrected chi connectivity index (χ2v) is 7.42. The van der Waals surface area contributed by atoms with E-state index >= 15 is 0 Å². The van der Waals surface area contributed by atoms with Crippen molar-refractivity contribution in [2.75, 3.05) is 18.8 Å². The number of carboxylic acid groups (broad SMARTS) is 1. The molecule has 0 aromatic rings. The van der Waals surface area contributed by atoms with Crippen molar-refractivity contribution >= 4 is 23.8 Å². The molecule has 0 aromatic carbocycles. The number of hydrogen-bond acceptors (Lipinski definition) is 4. The van der Waals surface area contributed by atoms with Crippen molar-refractivity contribution in [1.29, 1.82) is 0 Å². The molecule has 1 saturated carbocycles. The van der Waals surface area contributed by atoms with E-state index in [4.69, 9.17) is 4.74 Å². The predicted octanol–water partition coefficient (Wildman–Crippen LogP) is 1.45. The van der Waals surface area contributed by atoms with E-state index < -0.39 is 12.0 Å². The van der Waals surface area contributed by atoms with Gasteiger partial charge < -0.3 is 14.7 Å². The maximum Gasteiger partial charge on any atom is 0.327 e. The lowest BCUT2D eigenvalue weighted by Gasteiger charge is -2.39. The van der Waals surface area contributed by atoms with Crippen LogP contribution in [0.5, 0.6) is 0 Å². The zero-order valence-electron chi connectivity index (χ0n) is 12.4. The van der Waals surface area contributed by atoms with E-state index in [2.05, 4.69) is 0 Å². The Morgan fingerprint density at radius 3 is 2.33 bits per heavy atom. The molecule has 118 valence electrons. The molecule has 3 fully saturated rings. The average molecular weight is 314 g/mol. The van der Waals surface area contributed by atoms with Crippen LogP contribution in [-0.2, 0) is 9.53 Å². The molecule has 6 nitrogen and oxygen atoms in total. The first kappa shape index (κ1) is 15.0. The van der Waals surface area contributed by atoms with Gasteiger partial charge in [0.1, 0.15) is 6.04 Å². The van der Waals surface area contributed by atoms with E-state index in [0.29, 0.717) is 24.8 Å². The number of carboxylic acids is 1. The molecule has 2 saturated heterocycles. The molecule has 3 aliphatic rings. The minimum absolute atomic E-state index is 0.00407. The van der Waals surface area contributed by atoms with Crippen LogP contribution in [0.25, 0.3) is 0 Å². The number of morpholine rings is 1. The van der Waals surface area contributed by atoms with E-state index in [-0.39, 0.29) is 23.6 Å². The lowest BCUT2D eigenvalue weighted by atomic mass is 10.2. The zero-order chi connectivity index (χ0) is 15.1. The van der Waals surface area contributed by atoms with Crippen molar-refractivity contribution in [2.45, 2.75) is 50.3 Å². The summed E-state index contributed by atoms with van der Waals surface area (Å²) >= 11 is 1.62. The highest BCUT2D eigenvalue weighted by atomic mass is 32.2. The summed E-state index contributed by atoms with van der Waals surface area (Å²) in [6, 6.07) is -0.826. The monoisotopic (exact) mass is 314 g/mol. The Kier molecular flexibility index (Phi) is 4.05. The third-order valence-corrected chi connectivity index (χ3v) is 5.72. The number of ether oxygens (including phenoxy) is 1. The van der Waals surface area contributed by atoms with Crippen molar-refractivity contribution in [3.05, 3.63) is 0 Å².